The van der Waals surface area contributed by atoms with Crippen LogP contribution >= 0.6 is 0 Å². The highest BCUT2D eigenvalue weighted by Gasteiger charge is 2.17. The van der Waals surface area contributed by atoms with Gasteiger partial charge in [-0.25, -0.2) is 4.98 Å². The minimum atomic E-state index is 0.780. The lowest BCUT2D eigenvalue weighted by molar-refractivity contribution is 0.357. The first-order valence-corrected chi connectivity index (χ1v) is 10.8. The van der Waals surface area contributed by atoms with Crippen LogP contribution in [0.5, 0.6) is 5.75 Å². The summed E-state index contributed by atoms with van der Waals surface area (Å²) in [6.45, 7) is 1.80. The number of benzene rings is 2. The Morgan fingerprint density at radius 3 is 2.87 bits per heavy atom. The fraction of sp³-hybridized carbons (Fsp3) is 0.320. The van der Waals surface area contributed by atoms with E-state index in [2.05, 4.69) is 71.7 Å². The number of aryl methyl sites for hydroxylation is 2. The normalized spacial score (nSPS) is 13.0. The molecular formula is C25H27N5O. The van der Waals surface area contributed by atoms with E-state index in [4.69, 9.17) is 9.72 Å². The fourth-order valence-electron chi connectivity index (χ4n) is 4.28. The van der Waals surface area contributed by atoms with Crippen LogP contribution in [0.25, 0.3) is 16.8 Å². The molecule has 31 heavy (non-hydrogen) atoms. The lowest BCUT2D eigenvalue weighted by atomic mass is 10.0. The summed E-state index contributed by atoms with van der Waals surface area (Å²) in [6, 6.07) is 15.0. The molecular weight excluding hydrogens is 386 g/mol. The molecule has 0 unspecified atom stereocenters. The van der Waals surface area contributed by atoms with Crippen molar-refractivity contribution in [3.05, 3.63) is 77.5 Å². The maximum atomic E-state index is 5.71. The summed E-state index contributed by atoms with van der Waals surface area (Å²) < 4.78 is 7.74. The molecule has 0 N–H and O–H groups in total. The predicted molar refractivity (Wildman–Crippen MR) is 122 cm³/mol. The molecule has 0 bridgehead atoms. The molecule has 2 aromatic carbocycles. The molecule has 0 saturated carbocycles. The summed E-state index contributed by atoms with van der Waals surface area (Å²) >= 11 is 0. The molecule has 5 rings (SSSR count). The van der Waals surface area contributed by atoms with Crippen LogP contribution in [-0.2, 0) is 25.7 Å². The zero-order chi connectivity index (χ0) is 21.2. The number of rotatable bonds is 7. The van der Waals surface area contributed by atoms with Gasteiger partial charge < -0.3 is 9.64 Å². The van der Waals surface area contributed by atoms with Crippen molar-refractivity contribution >= 4 is 5.65 Å². The molecule has 4 aromatic rings. The van der Waals surface area contributed by atoms with Crippen molar-refractivity contribution in [2.24, 2.45) is 0 Å². The van der Waals surface area contributed by atoms with E-state index in [-0.39, 0.29) is 0 Å². The van der Waals surface area contributed by atoms with Gasteiger partial charge in [-0.15, -0.1) is 10.2 Å². The molecule has 0 amide bonds. The Bertz CT molecular complexity index is 1210. The lowest BCUT2D eigenvalue weighted by Gasteiger charge is -2.12. The van der Waals surface area contributed by atoms with Crippen molar-refractivity contribution in [3.63, 3.8) is 0 Å². The highest BCUT2D eigenvalue weighted by atomic mass is 16.5. The minimum absolute atomic E-state index is 0.780. The SMILES string of the molecule is CN(C)CCc1cccc(-c2cnc(CCc3cccc4c3CCO4)n3cnnc23)c1. The van der Waals surface area contributed by atoms with Crippen LogP contribution in [-0.4, -0.2) is 51.7 Å². The number of nitrogens with zero attached hydrogens (tertiary/aromatic N) is 5. The van der Waals surface area contributed by atoms with Crippen molar-refractivity contribution < 1.29 is 4.74 Å². The Kier molecular flexibility index (Phi) is 5.38. The molecule has 0 saturated heterocycles. The third-order valence-corrected chi connectivity index (χ3v) is 5.95. The molecule has 158 valence electrons. The van der Waals surface area contributed by atoms with Crippen LogP contribution in [0, 0.1) is 0 Å². The van der Waals surface area contributed by atoms with Gasteiger partial charge in [0.05, 0.1) is 6.61 Å². The second kappa shape index (κ2) is 8.47. The van der Waals surface area contributed by atoms with Crippen molar-refractivity contribution in [2.45, 2.75) is 25.7 Å². The number of aromatic nitrogens is 4. The number of likely N-dealkylation sites (N-methyl/N-ethyl adjacent to an activating group) is 1. The summed E-state index contributed by atoms with van der Waals surface area (Å²) in [5.41, 5.74) is 7.00. The van der Waals surface area contributed by atoms with E-state index < -0.39 is 0 Å². The smallest absolute Gasteiger partial charge is 0.171 e. The van der Waals surface area contributed by atoms with E-state index in [9.17, 15) is 0 Å². The lowest BCUT2D eigenvalue weighted by Crippen LogP contribution is -2.15. The zero-order valence-corrected chi connectivity index (χ0v) is 18.1. The van der Waals surface area contributed by atoms with Crippen molar-refractivity contribution in [2.75, 3.05) is 27.2 Å². The second-order valence-corrected chi connectivity index (χ2v) is 8.36. The monoisotopic (exact) mass is 413 g/mol. The Morgan fingerprint density at radius 1 is 1.06 bits per heavy atom. The van der Waals surface area contributed by atoms with Crippen molar-refractivity contribution in [1.82, 2.24) is 24.5 Å². The Labute approximate surface area is 182 Å². The molecule has 0 atom stereocenters. The topological polar surface area (TPSA) is 55.6 Å². The molecule has 1 aliphatic rings. The van der Waals surface area contributed by atoms with Crippen molar-refractivity contribution in [3.8, 4) is 16.9 Å². The first-order valence-electron chi connectivity index (χ1n) is 10.8. The number of hydrogen-bond donors (Lipinski definition) is 0. The van der Waals surface area contributed by atoms with Gasteiger partial charge in [0.25, 0.3) is 0 Å². The summed E-state index contributed by atoms with van der Waals surface area (Å²) in [6.07, 6.45) is 7.48. The molecule has 3 heterocycles. The van der Waals surface area contributed by atoms with E-state index in [0.717, 1.165) is 67.2 Å². The van der Waals surface area contributed by atoms with Crippen LogP contribution < -0.4 is 4.74 Å². The average molecular weight is 414 g/mol. The Hall–Kier alpha value is -3.25. The van der Waals surface area contributed by atoms with Gasteiger partial charge in [0.2, 0.25) is 0 Å². The largest absolute Gasteiger partial charge is 0.493 e. The summed E-state index contributed by atoms with van der Waals surface area (Å²) in [5.74, 6) is 2.01. The Morgan fingerprint density at radius 2 is 1.97 bits per heavy atom. The molecule has 0 radical (unpaired) electrons. The molecule has 0 fully saturated rings. The van der Waals surface area contributed by atoms with E-state index in [0.29, 0.717) is 0 Å². The van der Waals surface area contributed by atoms with Crippen LogP contribution in [0.2, 0.25) is 0 Å². The van der Waals surface area contributed by atoms with E-state index >= 15 is 0 Å². The second-order valence-electron chi connectivity index (χ2n) is 8.36. The van der Waals surface area contributed by atoms with Crippen LogP contribution in [0.15, 0.2) is 55.0 Å². The van der Waals surface area contributed by atoms with E-state index in [1.807, 2.05) is 10.6 Å². The molecule has 2 aromatic heterocycles. The van der Waals surface area contributed by atoms with Gasteiger partial charge >= 0.3 is 0 Å². The van der Waals surface area contributed by atoms with Gasteiger partial charge in [-0.05, 0) is 49.7 Å². The van der Waals surface area contributed by atoms with Gasteiger partial charge in [-0.3, -0.25) is 4.40 Å². The maximum absolute atomic E-state index is 5.71. The van der Waals surface area contributed by atoms with Crippen LogP contribution in [0.4, 0.5) is 0 Å². The quantitative estimate of drug-likeness (QED) is 0.463. The zero-order valence-electron chi connectivity index (χ0n) is 18.1. The summed E-state index contributed by atoms with van der Waals surface area (Å²) in [4.78, 5) is 7.01. The van der Waals surface area contributed by atoms with E-state index in [1.165, 1.54) is 16.7 Å². The number of hydrogen-bond acceptors (Lipinski definition) is 5. The third-order valence-electron chi connectivity index (χ3n) is 5.95. The number of ether oxygens (including phenoxy) is 1. The van der Waals surface area contributed by atoms with Gasteiger partial charge in [0.1, 0.15) is 17.9 Å². The highest BCUT2D eigenvalue weighted by Crippen LogP contribution is 2.29. The molecule has 6 nitrogen and oxygen atoms in total. The molecule has 1 aliphatic heterocycles. The highest BCUT2D eigenvalue weighted by molar-refractivity contribution is 5.76. The molecule has 0 spiro atoms. The fourth-order valence-corrected chi connectivity index (χ4v) is 4.28. The standard InChI is InChI=1S/C25H27N5O/c1-29(2)13-11-18-5-3-7-20(15-18)22-16-26-24(30-17-27-28-25(22)30)10-9-19-6-4-8-23-21(19)12-14-31-23/h3-8,15-17H,9-14H2,1-2H3. The summed E-state index contributed by atoms with van der Waals surface area (Å²) in [7, 11) is 4.20. The first-order chi connectivity index (χ1) is 15.2. The molecule has 0 aliphatic carbocycles. The van der Waals surface area contributed by atoms with Gasteiger partial charge in [0.15, 0.2) is 5.65 Å². The number of fused-ring (bicyclic) bond motifs is 2. The van der Waals surface area contributed by atoms with Crippen molar-refractivity contribution in [1.29, 1.82) is 0 Å². The van der Waals surface area contributed by atoms with Gasteiger partial charge in [-0.2, -0.15) is 0 Å². The van der Waals surface area contributed by atoms with Gasteiger partial charge in [-0.1, -0.05) is 36.4 Å². The van der Waals surface area contributed by atoms with E-state index in [1.54, 1.807) is 6.33 Å². The minimum Gasteiger partial charge on any atom is -0.493 e. The Balaban J connectivity index is 1.41. The maximum Gasteiger partial charge on any atom is 0.171 e. The third kappa shape index (κ3) is 4.03. The van der Waals surface area contributed by atoms with Crippen LogP contribution in [0.3, 0.4) is 0 Å². The summed E-state index contributed by atoms with van der Waals surface area (Å²) in [5, 5.41) is 8.61. The van der Waals surface area contributed by atoms with Crippen LogP contribution in [0.1, 0.15) is 22.5 Å². The molecule has 6 heteroatoms. The predicted octanol–water partition coefficient (Wildman–Crippen LogP) is 3.62. The average Bonchev–Trinajstić information content (AvgIpc) is 3.46. The van der Waals surface area contributed by atoms with Gasteiger partial charge in [0, 0.05) is 36.7 Å². The first kappa shape index (κ1) is 19.7.